The highest BCUT2D eigenvalue weighted by Crippen LogP contribution is 2.27. The molecule has 0 spiro atoms. The summed E-state index contributed by atoms with van der Waals surface area (Å²) in [6, 6.07) is 0.177. The average Bonchev–Trinajstić information content (AvgIpc) is 3.00. The lowest BCUT2D eigenvalue weighted by molar-refractivity contribution is -0.144. The molecule has 1 saturated heterocycles. The van der Waals surface area contributed by atoms with Gasteiger partial charge in [-0.25, -0.2) is 9.50 Å². The van der Waals surface area contributed by atoms with Gasteiger partial charge in [0, 0.05) is 23.9 Å². The summed E-state index contributed by atoms with van der Waals surface area (Å²) in [6.07, 6.45) is -2.19. The van der Waals surface area contributed by atoms with Crippen molar-refractivity contribution in [2.45, 2.75) is 51.7 Å². The highest BCUT2D eigenvalue weighted by molar-refractivity contribution is 5.76. The third-order valence-corrected chi connectivity index (χ3v) is 4.61. The molecule has 2 aromatic rings. The number of hydrogen-bond acceptors (Lipinski definition) is 5. The number of rotatable bonds is 4. The Hall–Kier alpha value is -2.23. The highest BCUT2D eigenvalue weighted by Gasteiger charge is 2.37. The van der Waals surface area contributed by atoms with Gasteiger partial charge >= 0.3 is 6.18 Å². The zero-order chi connectivity index (χ0) is 18.9. The normalized spacial score (nSPS) is 16.2. The summed E-state index contributed by atoms with van der Waals surface area (Å²) in [4.78, 5) is 19.7. The van der Waals surface area contributed by atoms with E-state index < -0.39 is 12.0 Å². The van der Waals surface area contributed by atoms with Gasteiger partial charge in [-0.3, -0.25) is 4.79 Å². The maximum Gasteiger partial charge on any atom is 0.453 e. The number of alkyl halides is 3. The number of aryl methyl sites for hydroxylation is 2. The van der Waals surface area contributed by atoms with E-state index >= 15 is 0 Å². The number of halogens is 3. The van der Waals surface area contributed by atoms with Crippen molar-refractivity contribution >= 4 is 11.7 Å². The van der Waals surface area contributed by atoms with Crippen LogP contribution in [0.25, 0.3) is 5.78 Å². The second-order valence-electron chi connectivity index (χ2n) is 6.50. The average molecular weight is 370 g/mol. The van der Waals surface area contributed by atoms with Gasteiger partial charge in [0.05, 0.1) is 0 Å². The van der Waals surface area contributed by atoms with E-state index in [2.05, 4.69) is 25.7 Å². The second-order valence-corrected chi connectivity index (χ2v) is 6.50. The zero-order valence-corrected chi connectivity index (χ0v) is 14.7. The molecule has 0 unspecified atom stereocenters. The van der Waals surface area contributed by atoms with Gasteiger partial charge in [0.1, 0.15) is 0 Å². The first-order valence-electron chi connectivity index (χ1n) is 8.56. The molecule has 1 aliphatic rings. The molecule has 7 nitrogen and oxygen atoms in total. The minimum absolute atomic E-state index is 0.0645. The Kier molecular flexibility index (Phi) is 5.12. The molecule has 26 heavy (non-hydrogen) atoms. The molecule has 1 fully saturated rings. The van der Waals surface area contributed by atoms with Gasteiger partial charge in [-0.1, -0.05) is 0 Å². The summed E-state index contributed by atoms with van der Waals surface area (Å²) < 4.78 is 39.5. The number of nitrogens with zero attached hydrogens (tertiary/aromatic N) is 4. The number of carbonyl (C=O) groups excluding carboxylic acids is 1. The first kappa shape index (κ1) is 18.6. The van der Waals surface area contributed by atoms with E-state index in [1.807, 2.05) is 0 Å². The quantitative estimate of drug-likeness (QED) is 0.853. The van der Waals surface area contributed by atoms with Gasteiger partial charge in [0.25, 0.3) is 11.6 Å². The van der Waals surface area contributed by atoms with Gasteiger partial charge in [-0.2, -0.15) is 18.2 Å². The molecule has 3 heterocycles. The van der Waals surface area contributed by atoms with Crippen LogP contribution in [0.2, 0.25) is 0 Å². The van der Waals surface area contributed by atoms with Crippen LogP contribution < -0.4 is 10.6 Å². The largest absolute Gasteiger partial charge is 0.453 e. The van der Waals surface area contributed by atoms with Gasteiger partial charge in [-0.15, -0.1) is 5.10 Å². The molecule has 0 aromatic carbocycles. The molecule has 0 bridgehead atoms. The first-order valence-corrected chi connectivity index (χ1v) is 8.56. The van der Waals surface area contributed by atoms with Crippen molar-refractivity contribution in [2.24, 2.45) is 0 Å². The predicted octanol–water partition coefficient (Wildman–Crippen LogP) is 1.56. The molecule has 0 aliphatic carbocycles. The van der Waals surface area contributed by atoms with Crippen LogP contribution >= 0.6 is 0 Å². The molecule has 2 N–H and O–H groups in total. The molecular weight excluding hydrogens is 349 g/mol. The molecule has 0 radical (unpaired) electrons. The van der Waals surface area contributed by atoms with E-state index in [9.17, 15) is 18.0 Å². The van der Waals surface area contributed by atoms with E-state index in [0.29, 0.717) is 17.8 Å². The fourth-order valence-corrected chi connectivity index (χ4v) is 3.19. The standard InChI is InChI=1S/C16H21F3N6O/c1-9-12(3-4-13(26)22-11-5-7-20-8-6-11)10(2)25-15(21-9)23-14(24-25)16(17,18)19/h11,20H,3-8H2,1-2H3,(H,22,26). The topological polar surface area (TPSA) is 84.2 Å². The number of nitrogens with one attached hydrogen (secondary N) is 2. The van der Waals surface area contributed by atoms with Crippen molar-refractivity contribution in [1.29, 1.82) is 0 Å². The molecule has 142 valence electrons. The molecule has 1 amide bonds. The van der Waals surface area contributed by atoms with E-state index in [1.165, 1.54) is 0 Å². The van der Waals surface area contributed by atoms with Crippen molar-refractivity contribution in [3.05, 3.63) is 22.8 Å². The van der Waals surface area contributed by atoms with Crippen LogP contribution in [0.15, 0.2) is 0 Å². The Balaban J connectivity index is 1.74. The lowest BCUT2D eigenvalue weighted by Crippen LogP contribution is -2.42. The van der Waals surface area contributed by atoms with Crippen LogP contribution in [-0.2, 0) is 17.4 Å². The smallest absolute Gasteiger partial charge is 0.353 e. The van der Waals surface area contributed by atoms with Gasteiger partial charge in [0.2, 0.25) is 5.91 Å². The number of piperidine rings is 1. The number of hydrogen-bond donors (Lipinski definition) is 2. The minimum Gasteiger partial charge on any atom is -0.353 e. The monoisotopic (exact) mass is 370 g/mol. The number of fused-ring (bicyclic) bond motifs is 1. The van der Waals surface area contributed by atoms with Crippen LogP contribution in [-0.4, -0.2) is 44.6 Å². The van der Waals surface area contributed by atoms with Gasteiger partial charge in [0.15, 0.2) is 0 Å². The van der Waals surface area contributed by atoms with Crippen LogP contribution in [0.5, 0.6) is 0 Å². The number of aromatic nitrogens is 4. The van der Waals surface area contributed by atoms with E-state index in [-0.39, 0.29) is 24.1 Å². The molecule has 2 aromatic heterocycles. The Morgan fingerprint density at radius 2 is 1.96 bits per heavy atom. The molecule has 10 heteroatoms. The lowest BCUT2D eigenvalue weighted by atomic mass is 10.0. The second kappa shape index (κ2) is 7.18. The van der Waals surface area contributed by atoms with E-state index in [0.717, 1.165) is 36.0 Å². The van der Waals surface area contributed by atoms with Crippen molar-refractivity contribution in [1.82, 2.24) is 30.2 Å². The van der Waals surface area contributed by atoms with E-state index in [1.54, 1.807) is 13.8 Å². The van der Waals surface area contributed by atoms with Crippen molar-refractivity contribution in [3.8, 4) is 0 Å². The van der Waals surface area contributed by atoms with Gasteiger partial charge < -0.3 is 10.6 Å². The Labute approximate surface area is 148 Å². The Morgan fingerprint density at radius 3 is 2.62 bits per heavy atom. The molecule has 3 rings (SSSR count). The maximum atomic E-state index is 12.8. The van der Waals surface area contributed by atoms with Crippen LogP contribution in [0.1, 0.15) is 42.0 Å². The zero-order valence-electron chi connectivity index (χ0n) is 14.7. The van der Waals surface area contributed by atoms with Crippen molar-refractivity contribution in [2.75, 3.05) is 13.1 Å². The van der Waals surface area contributed by atoms with E-state index in [4.69, 9.17) is 0 Å². The summed E-state index contributed by atoms with van der Waals surface area (Å²) in [5.41, 5.74) is 1.80. The Bertz CT molecular complexity index is 810. The molecule has 0 atom stereocenters. The van der Waals surface area contributed by atoms with Crippen LogP contribution in [0.4, 0.5) is 13.2 Å². The van der Waals surface area contributed by atoms with Gasteiger partial charge in [-0.05, 0) is 51.8 Å². The fraction of sp³-hybridized carbons (Fsp3) is 0.625. The third-order valence-electron chi connectivity index (χ3n) is 4.61. The lowest BCUT2D eigenvalue weighted by Gasteiger charge is -2.23. The van der Waals surface area contributed by atoms with Crippen molar-refractivity contribution in [3.63, 3.8) is 0 Å². The number of amides is 1. The third kappa shape index (κ3) is 3.95. The summed E-state index contributed by atoms with van der Waals surface area (Å²) in [6.45, 7) is 5.14. The highest BCUT2D eigenvalue weighted by atomic mass is 19.4. The molecule has 0 saturated carbocycles. The summed E-state index contributed by atoms with van der Waals surface area (Å²) >= 11 is 0. The Morgan fingerprint density at radius 1 is 1.27 bits per heavy atom. The van der Waals surface area contributed by atoms with Crippen LogP contribution in [0.3, 0.4) is 0 Å². The fourth-order valence-electron chi connectivity index (χ4n) is 3.19. The maximum absolute atomic E-state index is 12.8. The first-order chi connectivity index (χ1) is 12.3. The number of carbonyl (C=O) groups is 1. The summed E-state index contributed by atoms with van der Waals surface area (Å²) in [5.74, 6) is -1.37. The summed E-state index contributed by atoms with van der Waals surface area (Å²) in [5, 5.41) is 9.76. The summed E-state index contributed by atoms with van der Waals surface area (Å²) in [7, 11) is 0. The SMILES string of the molecule is Cc1nc2nc(C(F)(F)F)nn2c(C)c1CCC(=O)NC1CCNCC1. The minimum atomic E-state index is -4.62. The van der Waals surface area contributed by atoms with Crippen LogP contribution in [0, 0.1) is 13.8 Å². The molecule has 1 aliphatic heterocycles. The van der Waals surface area contributed by atoms with Crippen molar-refractivity contribution < 1.29 is 18.0 Å². The molecular formula is C16H21F3N6O. The predicted molar refractivity (Wildman–Crippen MR) is 87.6 cm³/mol.